The highest BCUT2D eigenvalue weighted by atomic mass is 32.2. The highest BCUT2D eigenvalue weighted by Gasteiger charge is 2.33. The van der Waals surface area contributed by atoms with Crippen LogP contribution in [-0.4, -0.2) is 49.1 Å². The Morgan fingerprint density at radius 3 is 2.44 bits per heavy atom. The molecule has 8 nitrogen and oxygen atoms in total. The molecule has 0 bridgehead atoms. The SMILES string of the molecule is CN(Cc1ccccc1)S(=O)(=O)c1ccc(NC(=O)C2CCCCN2C(=O)c2ccco2)cc1. The summed E-state index contributed by atoms with van der Waals surface area (Å²) < 4.78 is 32.4. The van der Waals surface area contributed by atoms with Crippen molar-refractivity contribution in [3.8, 4) is 0 Å². The third kappa shape index (κ3) is 5.21. The number of carbonyl (C=O) groups excluding carboxylic acids is 2. The van der Waals surface area contributed by atoms with Gasteiger partial charge in [0.15, 0.2) is 5.76 Å². The molecule has 9 heteroatoms. The Hall–Kier alpha value is -3.43. The number of nitrogens with zero attached hydrogens (tertiary/aromatic N) is 2. The van der Waals surface area contributed by atoms with Crippen LogP contribution in [0.2, 0.25) is 0 Å². The molecule has 1 fully saturated rings. The van der Waals surface area contributed by atoms with Gasteiger partial charge in [-0.2, -0.15) is 4.31 Å². The molecule has 3 aromatic rings. The van der Waals surface area contributed by atoms with Gasteiger partial charge in [-0.25, -0.2) is 8.42 Å². The monoisotopic (exact) mass is 481 g/mol. The van der Waals surface area contributed by atoms with Crippen LogP contribution in [0.15, 0.2) is 82.3 Å². The number of amides is 2. The van der Waals surface area contributed by atoms with Gasteiger partial charge < -0.3 is 14.6 Å². The lowest BCUT2D eigenvalue weighted by Crippen LogP contribution is -2.49. The molecule has 1 atom stereocenters. The fourth-order valence-corrected chi connectivity index (χ4v) is 5.19. The van der Waals surface area contributed by atoms with Gasteiger partial charge in [0.25, 0.3) is 5.91 Å². The van der Waals surface area contributed by atoms with E-state index >= 15 is 0 Å². The number of rotatable bonds is 7. The summed E-state index contributed by atoms with van der Waals surface area (Å²) in [6.45, 7) is 0.728. The fourth-order valence-electron chi connectivity index (χ4n) is 4.03. The van der Waals surface area contributed by atoms with E-state index in [9.17, 15) is 18.0 Å². The van der Waals surface area contributed by atoms with Crippen LogP contribution < -0.4 is 5.32 Å². The molecule has 2 heterocycles. The lowest BCUT2D eigenvalue weighted by Gasteiger charge is -2.34. The number of hydrogen-bond donors (Lipinski definition) is 1. The van der Waals surface area contributed by atoms with E-state index < -0.39 is 16.1 Å². The molecule has 1 aliphatic rings. The molecule has 0 radical (unpaired) electrons. The number of benzene rings is 2. The largest absolute Gasteiger partial charge is 0.459 e. The van der Waals surface area contributed by atoms with E-state index in [0.29, 0.717) is 18.7 Å². The van der Waals surface area contributed by atoms with Crippen LogP contribution in [0, 0.1) is 0 Å². The molecule has 34 heavy (non-hydrogen) atoms. The third-order valence-corrected chi connectivity index (χ3v) is 7.69. The third-order valence-electron chi connectivity index (χ3n) is 5.88. The number of anilines is 1. The molecule has 2 aromatic carbocycles. The maximum absolute atomic E-state index is 13.0. The first kappa shape index (κ1) is 23.7. The zero-order valence-corrected chi connectivity index (χ0v) is 19.7. The molecular weight excluding hydrogens is 454 g/mol. The quantitative estimate of drug-likeness (QED) is 0.554. The Labute approximate surface area is 199 Å². The smallest absolute Gasteiger partial charge is 0.290 e. The number of hydrogen-bond acceptors (Lipinski definition) is 5. The zero-order chi connectivity index (χ0) is 24.1. The van der Waals surface area contributed by atoms with Gasteiger partial charge in [-0.15, -0.1) is 0 Å². The predicted octanol–water partition coefficient (Wildman–Crippen LogP) is 3.73. The Balaban J connectivity index is 1.43. The standard InChI is InChI=1S/C25H27N3O5S/c1-27(18-19-8-3-2-4-9-19)34(31,32)21-14-12-20(13-15-21)26-24(29)22-10-5-6-16-28(22)25(30)23-11-7-17-33-23/h2-4,7-9,11-15,17,22H,5-6,10,16,18H2,1H3,(H,26,29). The first-order chi connectivity index (χ1) is 16.4. The summed E-state index contributed by atoms with van der Waals surface area (Å²) in [6, 6.07) is 18.0. The second-order valence-electron chi connectivity index (χ2n) is 8.25. The minimum Gasteiger partial charge on any atom is -0.459 e. The highest BCUT2D eigenvalue weighted by Crippen LogP contribution is 2.23. The number of nitrogens with one attached hydrogen (secondary N) is 1. The van der Waals surface area contributed by atoms with Crippen molar-refractivity contribution in [2.24, 2.45) is 0 Å². The maximum Gasteiger partial charge on any atom is 0.290 e. The van der Waals surface area contributed by atoms with E-state index in [0.717, 1.165) is 18.4 Å². The molecule has 0 spiro atoms. The van der Waals surface area contributed by atoms with Crippen molar-refractivity contribution in [1.82, 2.24) is 9.21 Å². The topological polar surface area (TPSA) is 99.9 Å². The van der Waals surface area contributed by atoms with E-state index in [-0.39, 0.29) is 29.0 Å². The molecule has 2 amide bonds. The van der Waals surface area contributed by atoms with E-state index in [1.165, 1.54) is 34.6 Å². The van der Waals surface area contributed by atoms with Crippen molar-refractivity contribution in [2.75, 3.05) is 18.9 Å². The summed E-state index contributed by atoms with van der Waals surface area (Å²) in [5.74, 6) is -0.418. The van der Waals surface area contributed by atoms with Gasteiger partial charge >= 0.3 is 0 Å². The van der Waals surface area contributed by atoms with Crippen LogP contribution in [0.1, 0.15) is 35.4 Å². The average Bonchev–Trinajstić information content (AvgIpc) is 3.39. The van der Waals surface area contributed by atoms with Gasteiger partial charge in [-0.3, -0.25) is 9.59 Å². The first-order valence-corrected chi connectivity index (χ1v) is 12.6. The molecule has 4 rings (SSSR count). The number of furan rings is 1. The Morgan fingerprint density at radius 2 is 1.76 bits per heavy atom. The van der Waals surface area contributed by atoms with Crippen molar-refractivity contribution in [2.45, 2.75) is 36.7 Å². The van der Waals surface area contributed by atoms with Crippen LogP contribution in [0.3, 0.4) is 0 Å². The van der Waals surface area contributed by atoms with Crippen molar-refractivity contribution in [3.63, 3.8) is 0 Å². The fraction of sp³-hybridized carbons (Fsp3) is 0.280. The second kappa shape index (κ2) is 10.2. The molecule has 1 saturated heterocycles. The predicted molar refractivity (Wildman–Crippen MR) is 128 cm³/mol. The van der Waals surface area contributed by atoms with Crippen LogP contribution in [0.5, 0.6) is 0 Å². The first-order valence-electron chi connectivity index (χ1n) is 11.1. The summed E-state index contributed by atoms with van der Waals surface area (Å²) in [5, 5.41) is 2.82. The number of likely N-dealkylation sites (tertiary alicyclic amines) is 1. The summed E-state index contributed by atoms with van der Waals surface area (Å²) in [4.78, 5) is 27.4. The van der Waals surface area contributed by atoms with Gasteiger partial charge in [0.2, 0.25) is 15.9 Å². The Kier molecular flexibility index (Phi) is 7.14. The number of sulfonamides is 1. The van der Waals surface area contributed by atoms with E-state index in [2.05, 4.69) is 5.32 Å². The molecule has 1 N–H and O–H groups in total. The Bertz CT molecular complexity index is 1230. The maximum atomic E-state index is 13.0. The molecule has 0 saturated carbocycles. The lowest BCUT2D eigenvalue weighted by molar-refractivity contribution is -0.121. The molecule has 178 valence electrons. The molecule has 1 aromatic heterocycles. The zero-order valence-electron chi connectivity index (χ0n) is 18.9. The Morgan fingerprint density at radius 1 is 1.03 bits per heavy atom. The van der Waals surface area contributed by atoms with Crippen LogP contribution in [0.4, 0.5) is 5.69 Å². The molecule has 1 aliphatic heterocycles. The van der Waals surface area contributed by atoms with Crippen molar-refractivity contribution < 1.29 is 22.4 Å². The molecular formula is C25H27N3O5S. The van der Waals surface area contributed by atoms with Gasteiger partial charge in [0, 0.05) is 25.8 Å². The molecule has 1 unspecified atom stereocenters. The normalized spacial score (nSPS) is 16.4. The van der Waals surface area contributed by atoms with E-state index in [1.54, 1.807) is 24.3 Å². The van der Waals surface area contributed by atoms with E-state index in [4.69, 9.17) is 4.42 Å². The van der Waals surface area contributed by atoms with Gasteiger partial charge in [-0.1, -0.05) is 30.3 Å². The van der Waals surface area contributed by atoms with Gasteiger partial charge in [0.1, 0.15) is 6.04 Å². The number of carbonyl (C=O) groups is 2. The summed E-state index contributed by atoms with van der Waals surface area (Å²) in [5.41, 5.74) is 1.35. The van der Waals surface area contributed by atoms with Crippen LogP contribution in [-0.2, 0) is 21.4 Å². The summed E-state index contributed by atoms with van der Waals surface area (Å²) in [7, 11) is -2.16. The minimum absolute atomic E-state index is 0.135. The summed E-state index contributed by atoms with van der Waals surface area (Å²) in [6.07, 6.45) is 3.64. The lowest BCUT2D eigenvalue weighted by atomic mass is 10.0. The highest BCUT2D eigenvalue weighted by molar-refractivity contribution is 7.89. The van der Waals surface area contributed by atoms with Gasteiger partial charge in [0.05, 0.1) is 11.2 Å². The van der Waals surface area contributed by atoms with Gasteiger partial charge in [-0.05, 0) is 61.2 Å². The van der Waals surface area contributed by atoms with Crippen LogP contribution in [0.25, 0.3) is 0 Å². The van der Waals surface area contributed by atoms with E-state index in [1.807, 2.05) is 30.3 Å². The van der Waals surface area contributed by atoms with Crippen molar-refractivity contribution in [1.29, 1.82) is 0 Å². The second-order valence-corrected chi connectivity index (χ2v) is 10.3. The van der Waals surface area contributed by atoms with Crippen LogP contribution >= 0.6 is 0 Å². The van der Waals surface area contributed by atoms with Crippen molar-refractivity contribution >= 4 is 27.5 Å². The minimum atomic E-state index is -3.69. The average molecular weight is 482 g/mol. The summed E-state index contributed by atoms with van der Waals surface area (Å²) >= 11 is 0. The van der Waals surface area contributed by atoms with Crippen molar-refractivity contribution in [3.05, 3.63) is 84.3 Å². The molecule has 0 aliphatic carbocycles. The number of piperidine rings is 1.